The summed E-state index contributed by atoms with van der Waals surface area (Å²) in [5, 5.41) is 0. The lowest BCUT2D eigenvalue weighted by molar-refractivity contribution is 0.781. The summed E-state index contributed by atoms with van der Waals surface area (Å²) in [4.78, 5) is 4.57. The maximum Gasteiger partial charge on any atom is 0.132 e. The van der Waals surface area contributed by atoms with Crippen LogP contribution in [0.25, 0.3) is 11.3 Å². The van der Waals surface area contributed by atoms with Gasteiger partial charge in [0.2, 0.25) is 0 Å². The standard InChI is InChI=1S/C15H20BrN3/c1-9-5-6-12(11(3)10(9)2)14-15(16)18-13(7-8-17)19(14)4/h5-6H,7-8,17H2,1-4H3. The molecule has 1 aromatic carbocycles. The van der Waals surface area contributed by atoms with Crippen LogP contribution in [0, 0.1) is 20.8 Å². The Bertz CT molecular complexity index is 614. The molecule has 2 N–H and O–H groups in total. The van der Waals surface area contributed by atoms with Gasteiger partial charge in [-0.3, -0.25) is 0 Å². The van der Waals surface area contributed by atoms with E-state index in [0.29, 0.717) is 6.54 Å². The van der Waals surface area contributed by atoms with E-state index >= 15 is 0 Å². The fourth-order valence-electron chi connectivity index (χ4n) is 2.37. The van der Waals surface area contributed by atoms with Gasteiger partial charge in [-0.25, -0.2) is 4.98 Å². The first-order chi connectivity index (χ1) is 8.97. The summed E-state index contributed by atoms with van der Waals surface area (Å²) in [6.45, 7) is 7.09. The molecule has 4 heteroatoms. The van der Waals surface area contributed by atoms with Gasteiger partial charge in [0, 0.05) is 19.0 Å². The highest BCUT2D eigenvalue weighted by molar-refractivity contribution is 9.10. The predicted octanol–water partition coefficient (Wildman–Crippen LogP) is 3.28. The van der Waals surface area contributed by atoms with Gasteiger partial charge in [-0.1, -0.05) is 12.1 Å². The van der Waals surface area contributed by atoms with Gasteiger partial charge in [0.1, 0.15) is 10.4 Å². The first kappa shape index (κ1) is 14.3. The summed E-state index contributed by atoms with van der Waals surface area (Å²) < 4.78 is 3.03. The largest absolute Gasteiger partial charge is 0.330 e. The van der Waals surface area contributed by atoms with Gasteiger partial charge < -0.3 is 10.3 Å². The van der Waals surface area contributed by atoms with E-state index < -0.39 is 0 Å². The third kappa shape index (κ3) is 2.47. The van der Waals surface area contributed by atoms with Crippen LogP contribution >= 0.6 is 15.9 Å². The van der Waals surface area contributed by atoms with Crippen LogP contribution in [-0.4, -0.2) is 16.1 Å². The number of hydrogen-bond acceptors (Lipinski definition) is 2. The third-order valence-electron chi connectivity index (χ3n) is 3.83. The Hall–Kier alpha value is -1.13. The van der Waals surface area contributed by atoms with Gasteiger partial charge in [0.05, 0.1) is 5.69 Å². The minimum Gasteiger partial charge on any atom is -0.330 e. The molecule has 2 rings (SSSR count). The number of benzene rings is 1. The van der Waals surface area contributed by atoms with Crippen molar-refractivity contribution >= 4 is 15.9 Å². The van der Waals surface area contributed by atoms with Crippen molar-refractivity contribution in [3.8, 4) is 11.3 Å². The van der Waals surface area contributed by atoms with Crippen molar-refractivity contribution in [2.45, 2.75) is 27.2 Å². The van der Waals surface area contributed by atoms with E-state index in [1.165, 1.54) is 22.3 Å². The molecular formula is C15H20BrN3. The van der Waals surface area contributed by atoms with Crippen molar-refractivity contribution in [1.29, 1.82) is 0 Å². The molecule has 0 fully saturated rings. The van der Waals surface area contributed by atoms with E-state index in [2.05, 4.69) is 58.4 Å². The number of hydrogen-bond donors (Lipinski definition) is 1. The smallest absolute Gasteiger partial charge is 0.132 e. The molecule has 0 unspecified atom stereocenters. The van der Waals surface area contributed by atoms with E-state index in [-0.39, 0.29) is 0 Å². The lowest BCUT2D eigenvalue weighted by atomic mass is 9.97. The average molecular weight is 322 g/mol. The second-order valence-electron chi connectivity index (χ2n) is 4.95. The molecule has 3 nitrogen and oxygen atoms in total. The number of imidazole rings is 1. The molecular weight excluding hydrogens is 302 g/mol. The van der Waals surface area contributed by atoms with E-state index in [4.69, 9.17) is 5.73 Å². The van der Waals surface area contributed by atoms with Crippen LogP contribution in [0.1, 0.15) is 22.5 Å². The molecule has 0 bridgehead atoms. The van der Waals surface area contributed by atoms with Crippen molar-refractivity contribution in [2.75, 3.05) is 6.54 Å². The van der Waals surface area contributed by atoms with E-state index in [9.17, 15) is 0 Å². The highest BCUT2D eigenvalue weighted by Gasteiger charge is 2.16. The first-order valence-corrected chi connectivity index (χ1v) is 7.25. The third-order valence-corrected chi connectivity index (χ3v) is 4.38. The summed E-state index contributed by atoms with van der Waals surface area (Å²) in [6.07, 6.45) is 0.791. The van der Waals surface area contributed by atoms with Crippen molar-refractivity contribution in [1.82, 2.24) is 9.55 Å². The molecule has 0 atom stereocenters. The van der Waals surface area contributed by atoms with Crippen LogP contribution in [0.5, 0.6) is 0 Å². The fraction of sp³-hybridized carbons (Fsp3) is 0.400. The number of aromatic nitrogens is 2. The lowest BCUT2D eigenvalue weighted by Crippen LogP contribution is -2.08. The summed E-state index contributed by atoms with van der Waals surface area (Å²) in [6, 6.07) is 4.34. The lowest BCUT2D eigenvalue weighted by Gasteiger charge is -2.13. The fourth-order valence-corrected chi connectivity index (χ4v) is 3.05. The molecule has 0 radical (unpaired) electrons. The van der Waals surface area contributed by atoms with E-state index in [0.717, 1.165) is 22.5 Å². The summed E-state index contributed by atoms with van der Waals surface area (Å²) in [5.41, 5.74) is 12.0. The normalized spacial score (nSPS) is 11.1. The van der Waals surface area contributed by atoms with Gasteiger partial charge in [0.15, 0.2) is 0 Å². The van der Waals surface area contributed by atoms with Crippen molar-refractivity contribution < 1.29 is 0 Å². The molecule has 1 heterocycles. The Labute approximate surface area is 123 Å². The van der Waals surface area contributed by atoms with Crippen LogP contribution in [0.15, 0.2) is 16.7 Å². The first-order valence-electron chi connectivity index (χ1n) is 6.45. The summed E-state index contributed by atoms with van der Waals surface area (Å²) in [5.74, 6) is 1.02. The number of rotatable bonds is 3. The molecule has 1 aromatic heterocycles. The SMILES string of the molecule is Cc1ccc(-c2c(Br)nc(CCN)n2C)c(C)c1C. The molecule has 0 saturated carbocycles. The summed E-state index contributed by atoms with van der Waals surface area (Å²) >= 11 is 3.58. The van der Waals surface area contributed by atoms with Crippen LogP contribution in [-0.2, 0) is 13.5 Å². The molecule has 2 aromatic rings. The Balaban J connectivity index is 2.63. The Morgan fingerprint density at radius 3 is 2.53 bits per heavy atom. The summed E-state index contributed by atoms with van der Waals surface area (Å²) in [7, 11) is 2.05. The zero-order valence-corrected chi connectivity index (χ0v) is 13.5. The number of nitrogens with two attached hydrogens (primary N) is 1. The van der Waals surface area contributed by atoms with Gasteiger partial charge in [-0.05, 0) is 59.9 Å². The zero-order chi connectivity index (χ0) is 14.2. The van der Waals surface area contributed by atoms with Crippen molar-refractivity contribution in [3.05, 3.63) is 39.3 Å². The number of halogens is 1. The quantitative estimate of drug-likeness (QED) is 0.942. The monoisotopic (exact) mass is 321 g/mol. The second kappa shape index (κ2) is 5.47. The Morgan fingerprint density at radius 2 is 1.89 bits per heavy atom. The average Bonchev–Trinajstić information content (AvgIpc) is 2.64. The highest BCUT2D eigenvalue weighted by Crippen LogP contribution is 2.33. The van der Waals surface area contributed by atoms with Gasteiger partial charge >= 0.3 is 0 Å². The molecule has 0 aliphatic carbocycles. The maximum absolute atomic E-state index is 5.63. The molecule has 0 spiro atoms. The molecule has 0 aliphatic heterocycles. The Kier molecular flexibility index (Phi) is 4.11. The molecule has 19 heavy (non-hydrogen) atoms. The minimum absolute atomic E-state index is 0.614. The van der Waals surface area contributed by atoms with Crippen LogP contribution < -0.4 is 5.73 Å². The molecule has 0 aliphatic rings. The van der Waals surface area contributed by atoms with Crippen LogP contribution in [0.2, 0.25) is 0 Å². The predicted molar refractivity (Wildman–Crippen MR) is 83.3 cm³/mol. The zero-order valence-electron chi connectivity index (χ0n) is 11.9. The van der Waals surface area contributed by atoms with Gasteiger partial charge in [-0.2, -0.15) is 0 Å². The maximum atomic E-state index is 5.63. The van der Waals surface area contributed by atoms with Crippen molar-refractivity contribution in [3.63, 3.8) is 0 Å². The van der Waals surface area contributed by atoms with Gasteiger partial charge in [-0.15, -0.1) is 0 Å². The van der Waals surface area contributed by atoms with Crippen LogP contribution in [0.3, 0.4) is 0 Å². The number of nitrogens with zero attached hydrogens (tertiary/aromatic N) is 2. The molecule has 102 valence electrons. The van der Waals surface area contributed by atoms with Crippen LogP contribution in [0.4, 0.5) is 0 Å². The van der Waals surface area contributed by atoms with E-state index in [1.807, 2.05) is 7.05 Å². The highest BCUT2D eigenvalue weighted by atomic mass is 79.9. The van der Waals surface area contributed by atoms with E-state index in [1.54, 1.807) is 0 Å². The number of aryl methyl sites for hydroxylation is 1. The second-order valence-corrected chi connectivity index (χ2v) is 5.70. The van der Waals surface area contributed by atoms with Crippen molar-refractivity contribution in [2.24, 2.45) is 12.8 Å². The minimum atomic E-state index is 0.614. The van der Waals surface area contributed by atoms with Gasteiger partial charge in [0.25, 0.3) is 0 Å². The molecule has 0 amide bonds. The molecule has 0 saturated heterocycles. The Morgan fingerprint density at radius 1 is 1.21 bits per heavy atom. The topological polar surface area (TPSA) is 43.8 Å².